The zero-order valence-corrected chi connectivity index (χ0v) is 19.9. The minimum Gasteiger partial charge on any atom is -0.469 e. The van der Waals surface area contributed by atoms with Crippen molar-refractivity contribution in [2.24, 2.45) is 7.05 Å². The molecule has 1 aliphatic heterocycles. The Labute approximate surface area is 205 Å². The normalized spacial score (nSPS) is 15.4. The SMILES string of the molecule is Cc1nc2c(cc1-c1cnn(C)c1)NC[C@@H]([C@H](NCCc1ccc(C#N)cc1)c1ccccc1)O2. The molecule has 3 heterocycles. The van der Waals surface area contributed by atoms with E-state index in [1.807, 2.05) is 56.7 Å². The van der Waals surface area contributed by atoms with Crippen LogP contribution in [-0.4, -0.2) is 34.0 Å². The molecule has 0 bridgehead atoms. The van der Waals surface area contributed by atoms with Crippen LogP contribution >= 0.6 is 0 Å². The number of rotatable bonds is 7. The van der Waals surface area contributed by atoms with E-state index >= 15 is 0 Å². The Morgan fingerprint density at radius 3 is 2.71 bits per heavy atom. The van der Waals surface area contributed by atoms with Crippen molar-refractivity contribution in [3.05, 3.63) is 95.4 Å². The molecule has 0 saturated heterocycles. The first-order valence-electron chi connectivity index (χ1n) is 11.8. The first kappa shape index (κ1) is 22.6. The van der Waals surface area contributed by atoms with E-state index in [-0.39, 0.29) is 12.1 Å². The zero-order valence-electron chi connectivity index (χ0n) is 19.9. The van der Waals surface area contributed by atoms with E-state index in [1.54, 1.807) is 4.68 Å². The molecule has 2 aromatic carbocycles. The number of aryl methyl sites for hydroxylation is 2. The van der Waals surface area contributed by atoms with E-state index in [4.69, 9.17) is 15.0 Å². The molecule has 0 spiro atoms. The van der Waals surface area contributed by atoms with Crippen LogP contribution in [0.1, 0.15) is 28.4 Å². The topological polar surface area (TPSA) is 87.8 Å². The molecule has 2 N–H and O–H groups in total. The summed E-state index contributed by atoms with van der Waals surface area (Å²) in [6.45, 7) is 3.44. The van der Waals surface area contributed by atoms with Gasteiger partial charge < -0.3 is 15.4 Å². The van der Waals surface area contributed by atoms with Gasteiger partial charge >= 0.3 is 0 Å². The molecule has 0 amide bonds. The number of hydrogen-bond acceptors (Lipinski definition) is 6. The van der Waals surface area contributed by atoms with Gasteiger partial charge in [-0.25, -0.2) is 4.98 Å². The maximum atomic E-state index is 9.02. The van der Waals surface area contributed by atoms with Gasteiger partial charge in [-0.05, 0) is 49.2 Å². The third-order valence-corrected chi connectivity index (χ3v) is 6.34. The van der Waals surface area contributed by atoms with Crippen LogP contribution in [0.3, 0.4) is 0 Å². The van der Waals surface area contributed by atoms with Gasteiger partial charge in [-0.15, -0.1) is 0 Å². The summed E-state index contributed by atoms with van der Waals surface area (Å²) in [7, 11) is 1.91. The van der Waals surface area contributed by atoms with Crippen molar-refractivity contribution in [2.75, 3.05) is 18.4 Å². The molecule has 2 atom stereocenters. The molecule has 0 fully saturated rings. The molecule has 0 aliphatic carbocycles. The van der Waals surface area contributed by atoms with Crippen molar-refractivity contribution in [1.29, 1.82) is 5.26 Å². The number of pyridine rings is 1. The molecular weight excluding hydrogens is 436 g/mol. The minimum absolute atomic E-state index is 0.00432. The van der Waals surface area contributed by atoms with Crippen molar-refractivity contribution in [3.8, 4) is 23.1 Å². The van der Waals surface area contributed by atoms with E-state index in [0.29, 0.717) is 18.0 Å². The van der Waals surface area contributed by atoms with Crippen LogP contribution in [0.4, 0.5) is 5.69 Å². The highest BCUT2D eigenvalue weighted by Gasteiger charge is 2.30. The maximum Gasteiger partial charge on any atom is 0.238 e. The third-order valence-electron chi connectivity index (χ3n) is 6.34. The predicted molar refractivity (Wildman–Crippen MR) is 136 cm³/mol. The lowest BCUT2D eigenvalue weighted by Gasteiger charge is -2.33. The Kier molecular flexibility index (Phi) is 6.47. The molecule has 1 aliphatic rings. The minimum atomic E-state index is -0.123. The zero-order chi connectivity index (χ0) is 24.2. The monoisotopic (exact) mass is 464 g/mol. The van der Waals surface area contributed by atoms with Crippen LogP contribution in [-0.2, 0) is 13.5 Å². The lowest BCUT2D eigenvalue weighted by atomic mass is 9.99. The average Bonchev–Trinajstić information content (AvgIpc) is 3.32. The quantitative estimate of drug-likeness (QED) is 0.421. The van der Waals surface area contributed by atoms with Crippen LogP contribution in [0, 0.1) is 18.3 Å². The van der Waals surface area contributed by atoms with Gasteiger partial charge in [0.15, 0.2) is 0 Å². The lowest BCUT2D eigenvalue weighted by Crippen LogP contribution is -2.43. The summed E-state index contributed by atoms with van der Waals surface area (Å²) in [4.78, 5) is 4.79. The van der Waals surface area contributed by atoms with Crippen LogP contribution in [0.5, 0.6) is 5.88 Å². The Balaban J connectivity index is 1.33. The summed E-state index contributed by atoms with van der Waals surface area (Å²) >= 11 is 0. The third kappa shape index (κ3) is 5.03. The van der Waals surface area contributed by atoms with E-state index in [0.717, 1.165) is 35.5 Å². The average molecular weight is 465 g/mol. The molecule has 0 saturated carbocycles. The molecule has 176 valence electrons. The molecular formula is C28H28N6O. The fourth-order valence-electron chi connectivity index (χ4n) is 4.48. The summed E-state index contributed by atoms with van der Waals surface area (Å²) in [5.41, 5.74) is 6.93. The van der Waals surface area contributed by atoms with Gasteiger partial charge in [-0.1, -0.05) is 42.5 Å². The summed E-state index contributed by atoms with van der Waals surface area (Å²) in [5, 5.41) is 20.5. The number of nitrogens with zero attached hydrogens (tertiary/aromatic N) is 4. The molecule has 2 aromatic heterocycles. The first-order chi connectivity index (χ1) is 17.1. The van der Waals surface area contributed by atoms with E-state index in [9.17, 15) is 0 Å². The number of aromatic nitrogens is 3. The number of hydrogen-bond donors (Lipinski definition) is 2. The van der Waals surface area contributed by atoms with Crippen LogP contribution in [0.15, 0.2) is 73.1 Å². The van der Waals surface area contributed by atoms with Gasteiger partial charge in [0, 0.05) is 30.1 Å². The van der Waals surface area contributed by atoms with Crippen molar-refractivity contribution >= 4 is 5.69 Å². The van der Waals surface area contributed by atoms with Gasteiger partial charge in [0.2, 0.25) is 5.88 Å². The molecule has 4 aromatic rings. The van der Waals surface area contributed by atoms with Crippen molar-refractivity contribution in [2.45, 2.75) is 25.5 Å². The number of nitrogens with one attached hydrogen (secondary N) is 2. The van der Waals surface area contributed by atoms with Gasteiger partial charge in [0.1, 0.15) is 6.10 Å². The predicted octanol–water partition coefficient (Wildman–Crippen LogP) is 4.41. The largest absolute Gasteiger partial charge is 0.469 e. The van der Waals surface area contributed by atoms with Gasteiger partial charge in [0.05, 0.1) is 36.1 Å². The van der Waals surface area contributed by atoms with Crippen molar-refractivity contribution in [3.63, 3.8) is 0 Å². The Hall–Kier alpha value is -4.15. The smallest absolute Gasteiger partial charge is 0.238 e. The fraction of sp³-hybridized carbons (Fsp3) is 0.250. The van der Waals surface area contributed by atoms with Gasteiger partial charge in [-0.2, -0.15) is 10.4 Å². The molecule has 35 heavy (non-hydrogen) atoms. The molecule has 7 nitrogen and oxygen atoms in total. The molecule has 0 unspecified atom stereocenters. The van der Waals surface area contributed by atoms with Gasteiger partial charge in [0.25, 0.3) is 0 Å². The molecule has 7 heteroatoms. The van der Waals surface area contributed by atoms with Crippen molar-refractivity contribution < 1.29 is 4.74 Å². The highest BCUT2D eigenvalue weighted by atomic mass is 16.5. The van der Waals surface area contributed by atoms with Crippen LogP contribution in [0.25, 0.3) is 11.1 Å². The number of anilines is 1. The molecule has 5 rings (SSSR count). The second-order valence-electron chi connectivity index (χ2n) is 8.82. The van der Waals surface area contributed by atoms with Crippen molar-refractivity contribution in [1.82, 2.24) is 20.1 Å². The number of benzene rings is 2. The molecule has 0 radical (unpaired) electrons. The van der Waals surface area contributed by atoms with E-state index in [2.05, 4.69) is 52.1 Å². The first-order valence-corrected chi connectivity index (χ1v) is 11.8. The second-order valence-corrected chi connectivity index (χ2v) is 8.82. The van der Waals surface area contributed by atoms with E-state index < -0.39 is 0 Å². The van der Waals surface area contributed by atoms with E-state index in [1.165, 1.54) is 11.1 Å². The maximum absolute atomic E-state index is 9.02. The van der Waals surface area contributed by atoms with Crippen LogP contribution < -0.4 is 15.4 Å². The number of ether oxygens (including phenoxy) is 1. The Bertz CT molecular complexity index is 1340. The fourth-order valence-corrected chi connectivity index (χ4v) is 4.48. The Morgan fingerprint density at radius 2 is 2.00 bits per heavy atom. The highest BCUT2D eigenvalue weighted by Crippen LogP contribution is 2.35. The Morgan fingerprint density at radius 1 is 1.20 bits per heavy atom. The summed E-state index contributed by atoms with van der Waals surface area (Å²) in [6, 6.07) is 22.4. The number of nitriles is 1. The summed E-state index contributed by atoms with van der Waals surface area (Å²) < 4.78 is 8.26. The number of fused-ring (bicyclic) bond motifs is 1. The summed E-state index contributed by atoms with van der Waals surface area (Å²) in [6.07, 6.45) is 4.58. The van der Waals surface area contributed by atoms with Crippen LogP contribution in [0.2, 0.25) is 0 Å². The summed E-state index contributed by atoms with van der Waals surface area (Å²) in [5.74, 6) is 0.626. The van der Waals surface area contributed by atoms with Gasteiger partial charge in [-0.3, -0.25) is 4.68 Å². The standard InChI is InChI=1S/C28H28N6O/c1-19-24(23-16-32-34(2)18-23)14-25-28(33-19)35-26(17-31-25)27(22-6-4-3-5-7-22)30-13-12-20-8-10-21(15-29)11-9-20/h3-11,14,16,18,26-27,30-31H,12-13,17H2,1-2H3/t26-,27+/m0/s1. The lowest BCUT2D eigenvalue weighted by molar-refractivity contribution is 0.150. The second kappa shape index (κ2) is 10.00. The highest BCUT2D eigenvalue weighted by molar-refractivity contribution is 5.72.